The molecule has 0 aliphatic heterocycles. The van der Waals surface area contributed by atoms with Crippen LogP contribution in [0.3, 0.4) is 0 Å². The Balaban J connectivity index is 2.14. The van der Waals surface area contributed by atoms with E-state index in [4.69, 9.17) is 9.47 Å². The van der Waals surface area contributed by atoms with E-state index >= 15 is 0 Å². The maximum absolute atomic E-state index is 5.60. The van der Waals surface area contributed by atoms with Gasteiger partial charge in [-0.15, -0.1) is 0 Å². The minimum atomic E-state index is 0.768. The van der Waals surface area contributed by atoms with Gasteiger partial charge in [-0.1, -0.05) is 13.0 Å². The fourth-order valence-electron chi connectivity index (χ4n) is 1.68. The summed E-state index contributed by atoms with van der Waals surface area (Å²) in [5.74, 6) is 0.930. The summed E-state index contributed by atoms with van der Waals surface area (Å²) in [6.45, 7) is 6.54. The van der Waals surface area contributed by atoms with E-state index in [-0.39, 0.29) is 0 Å². The first-order chi connectivity index (χ1) is 9.36. The van der Waals surface area contributed by atoms with Gasteiger partial charge in [0.2, 0.25) is 0 Å². The zero-order valence-electron chi connectivity index (χ0n) is 12.1. The Labute approximate surface area is 116 Å². The molecule has 0 radical (unpaired) electrons. The first kappa shape index (κ1) is 15.8. The second kappa shape index (κ2) is 10.6. The van der Waals surface area contributed by atoms with Gasteiger partial charge in [-0.2, -0.15) is 0 Å². The predicted molar refractivity (Wildman–Crippen MR) is 80.1 cm³/mol. The van der Waals surface area contributed by atoms with Crippen LogP contribution in [-0.4, -0.2) is 40.0 Å². The molecular formula is C15H26N2O2. The van der Waals surface area contributed by atoms with Crippen molar-refractivity contribution in [3.05, 3.63) is 24.3 Å². The van der Waals surface area contributed by atoms with Crippen LogP contribution in [-0.2, 0) is 4.74 Å². The van der Waals surface area contributed by atoms with Crippen molar-refractivity contribution in [1.82, 2.24) is 5.32 Å². The number of methoxy groups -OCH3 is 1. The van der Waals surface area contributed by atoms with Crippen LogP contribution in [0.5, 0.6) is 5.75 Å². The number of benzene rings is 1. The molecule has 0 aliphatic carbocycles. The zero-order valence-corrected chi connectivity index (χ0v) is 12.1. The molecule has 0 heterocycles. The second-order valence-electron chi connectivity index (χ2n) is 4.40. The fourth-order valence-corrected chi connectivity index (χ4v) is 1.68. The molecule has 108 valence electrons. The van der Waals surface area contributed by atoms with Crippen molar-refractivity contribution in [2.24, 2.45) is 0 Å². The largest absolute Gasteiger partial charge is 0.494 e. The summed E-state index contributed by atoms with van der Waals surface area (Å²) in [5.41, 5.74) is 1.10. The van der Waals surface area contributed by atoms with Crippen molar-refractivity contribution >= 4 is 5.69 Å². The standard InChI is InChI=1S/C15H26N2O2/c1-3-11-19-15-7-4-6-14(13-15)17-10-9-16-8-5-12-18-2/h4,6-7,13,16-17H,3,5,8-12H2,1-2H3. The smallest absolute Gasteiger partial charge is 0.121 e. The first-order valence-electron chi connectivity index (χ1n) is 7.03. The number of ether oxygens (including phenoxy) is 2. The monoisotopic (exact) mass is 266 g/mol. The predicted octanol–water partition coefficient (Wildman–Crippen LogP) is 2.51. The number of nitrogens with one attached hydrogen (secondary N) is 2. The van der Waals surface area contributed by atoms with E-state index in [1.807, 2.05) is 18.2 Å². The van der Waals surface area contributed by atoms with Crippen LogP contribution in [0.2, 0.25) is 0 Å². The van der Waals surface area contributed by atoms with Crippen molar-refractivity contribution < 1.29 is 9.47 Å². The Morgan fingerprint density at radius 3 is 2.79 bits per heavy atom. The van der Waals surface area contributed by atoms with E-state index in [2.05, 4.69) is 23.6 Å². The van der Waals surface area contributed by atoms with Gasteiger partial charge in [-0.05, 0) is 31.5 Å². The molecule has 1 aromatic carbocycles. The molecule has 4 heteroatoms. The maximum atomic E-state index is 5.60. The number of rotatable bonds is 11. The lowest BCUT2D eigenvalue weighted by Gasteiger charge is -2.10. The van der Waals surface area contributed by atoms with Gasteiger partial charge in [0.25, 0.3) is 0 Å². The van der Waals surface area contributed by atoms with Crippen LogP contribution in [0.4, 0.5) is 5.69 Å². The third kappa shape index (κ3) is 7.70. The summed E-state index contributed by atoms with van der Waals surface area (Å²) < 4.78 is 10.6. The van der Waals surface area contributed by atoms with Crippen LogP contribution in [0.15, 0.2) is 24.3 Å². The molecule has 0 amide bonds. The molecule has 19 heavy (non-hydrogen) atoms. The number of hydrogen-bond acceptors (Lipinski definition) is 4. The Kier molecular flexibility index (Phi) is 8.85. The van der Waals surface area contributed by atoms with Gasteiger partial charge in [0.1, 0.15) is 5.75 Å². The van der Waals surface area contributed by atoms with Crippen LogP contribution < -0.4 is 15.4 Å². The van der Waals surface area contributed by atoms with Crippen molar-refractivity contribution in [3.8, 4) is 5.75 Å². The highest BCUT2D eigenvalue weighted by atomic mass is 16.5. The molecule has 0 bridgehead atoms. The van der Waals surface area contributed by atoms with E-state index < -0.39 is 0 Å². The van der Waals surface area contributed by atoms with Crippen molar-refractivity contribution in [1.29, 1.82) is 0 Å². The van der Waals surface area contributed by atoms with Crippen LogP contribution in [0, 0.1) is 0 Å². The molecule has 1 rings (SSSR count). The van der Waals surface area contributed by atoms with Crippen LogP contribution in [0.1, 0.15) is 19.8 Å². The van der Waals surface area contributed by atoms with Crippen LogP contribution >= 0.6 is 0 Å². The first-order valence-corrected chi connectivity index (χ1v) is 7.03. The van der Waals surface area contributed by atoms with Crippen LogP contribution in [0.25, 0.3) is 0 Å². The average molecular weight is 266 g/mol. The third-order valence-electron chi connectivity index (χ3n) is 2.64. The van der Waals surface area contributed by atoms with Crippen molar-refractivity contribution in [3.63, 3.8) is 0 Å². The minimum absolute atomic E-state index is 0.768. The topological polar surface area (TPSA) is 42.5 Å². The molecule has 0 saturated carbocycles. The minimum Gasteiger partial charge on any atom is -0.494 e. The van der Waals surface area contributed by atoms with E-state index in [0.717, 1.165) is 57.1 Å². The Morgan fingerprint density at radius 1 is 1.11 bits per heavy atom. The summed E-state index contributed by atoms with van der Waals surface area (Å²) in [7, 11) is 1.73. The maximum Gasteiger partial charge on any atom is 0.121 e. The Morgan fingerprint density at radius 2 is 2.00 bits per heavy atom. The van der Waals surface area contributed by atoms with Gasteiger partial charge < -0.3 is 20.1 Å². The molecule has 4 nitrogen and oxygen atoms in total. The Bertz CT molecular complexity index is 332. The SMILES string of the molecule is CCCOc1cccc(NCCNCCCOC)c1. The molecule has 0 fully saturated rings. The molecule has 0 saturated heterocycles. The summed E-state index contributed by atoms with van der Waals surface area (Å²) in [4.78, 5) is 0. The summed E-state index contributed by atoms with van der Waals surface area (Å²) >= 11 is 0. The van der Waals surface area contributed by atoms with Gasteiger partial charge in [0.15, 0.2) is 0 Å². The normalized spacial score (nSPS) is 10.4. The van der Waals surface area contributed by atoms with E-state index in [1.165, 1.54) is 0 Å². The highest BCUT2D eigenvalue weighted by Crippen LogP contribution is 2.17. The number of hydrogen-bond donors (Lipinski definition) is 2. The molecule has 0 atom stereocenters. The van der Waals surface area contributed by atoms with Crippen molar-refractivity contribution in [2.45, 2.75) is 19.8 Å². The van der Waals surface area contributed by atoms with Gasteiger partial charge >= 0.3 is 0 Å². The molecular weight excluding hydrogens is 240 g/mol. The Hall–Kier alpha value is -1.26. The van der Waals surface area contributed by atoms with Gasteiger partial charge in [-0.25, -0.2) is 0 Å². The summed E-state index contributed by atoms with van der Waals surface area (Å²) in [6.07, 6.45) is 2.08. The third-order valence-corrected chi connectivity index (χ3v) is 2.64. The molecule has 0 spiro atoms. The average Bonchev–Trinajstić information content (AvgIpc) is 2.44. The lowest BCUT2D eigenvalue weighted by molar-refractivity contribution is 0.194. The van der Waals surface area contributed by atoms with E-state index in [1.54, 1.807) is 7.11 Å². The molecule has 1 aromatic rings. The quantitative estimate of drug-likeness (QED) is 0.604. The zero-order chi connectivity index (χ0) is 13.8. The lowest BCUT2D eigenvalue weighted by atomic mass is 10.3. The molecule has 2 N–H and O–H groups in total. The summed E-state index contributed by atoms with van der Waals surface area (Å²) in [6, 6.07) is 8.10. The fraction of sp³-hybridized carbons (Fsp3) is 0.600. The molecule has 0 aromatic heterocycles. The van der Waals surface area contributed by atoms with E-state index in [9.17, 15) is 0 Å². The van der Waals surface area contributed by atoms with Crippen molar-refractivity contribution in [2.75, 3.05) is 45.3 Å². The second-order valence-corrected chi connectivity index (χ2v) is 4.40. The van der Waals surface area contributed by atoms with E-state index in [0.29, 0.717) is 0 Å². The van der Waals surface area contributed by atoms with Gasteiger partial charge in [0.05, 0.1) is 6.61 Å². The molecule has 0 aliphatic rings. The van der Waals surface area contributed by atoms with Gasteiger partial charge in [-0.3, -0.25) is 0 Å². The number of anilines is 1. The highest BCUT2D eigenvalue weighted by molar-refractivity contribution is 5.48. The summed E-state index contributed by atoms with van der Waals surface area (Å²) in [5, 5.41) is 6.74. The van der Waals surface area contributed by atoms with Gasteiger partial charge in [0, 0.05) is 38.6 Å². The highest BCUT2D eigenvalue weighted by Gasteiger charge is 1.96. The lowest BCUT2D eigenvalue weighted by Crippen LogP contribution is -2.23. The molecule has 0 unspecified atom stereocenters.